The van der Waals surface area contributed by atoms with Gasteiger partial charge in [0.15, 0.2) is 0 Å². The van der Waals surface area contributed by atoms with Gasteiger partial charge in [-0.2, -0.15) is 0 Å². The van der Waals surface area contributed by atoms with Crippen molar-refractivity contribution in [1.29, 1.82) is 0 Å². The van der Waals surface area contributed by atoms with Gasteiger partial charge in [-0.3, -0.25) is 9.59 Å². The lowest BCUT2D eigenvalue weighted by molar-refractivity contribution is -0.126. The Bertz CT molecular complexity index is 981. The fraction of sp³-hybridized carbons (Fsp3) is 0.360. The Morgan fingerprint density at radius 2 is 1.79 bits per heavy atom. The average molecular weight is 473 g/mol. The van der Waals surface area contributed by atoms with Gasteiger partial charge in [-0.05, 0) is 48.2 Å². The molecule has 0 saturated carbocycles. The van der Waals surface area contributed by atoms with E-state index in [4.69, 9.17) is 0 Å². The van der Waals surface area contributed by atoms with Crippen LogP contribution in [0.15, 0.2) is 60.0 Å². The van der Waals surface area contributed by atoms with Gasteiger partial charge in [0.2, 0.25) is 6.41 Å². The van der Waals surface area contributed by atoms with E-state index in [1.54, 1.807) is 24.1 Å². The number of carbonyl (C=O) groups is 2. The second kappa shape index (κ2) is 13.3. The summed E-state index contributed by atoms with van der Waals surface area (Å²) in [7, 11) is 3.08. The third-order valence-electron chi connectivity index (χ3n) is 5.34. The minimum Gasteiger partial charge on any atom is -0.396 e. The lowest BCUT2D eigenvalue weighted by atomic mass is 10.1. The molecule has 0 bridgehead atoms. The number of amides is 2. The minimum absolute atomic E-state index is 0.0789. The topological polar surface area (TPSA) is 96.3 Å². The van der Waals surface area contributed by atoms with Gasteiger partial charge in [-0.15, -0.1) is 0 Å². The summed E-state index contributed by atoms with van der Waals surface area (Å²) in [5.41, 5.74) is 2.60. The van der Waals surface area contributed by atoms with Crippen LogP contribution in [-0.4, -0.2) is 66.3 Å². The second-order valence-corrected chi connectivity index (χ2v) is 7.79. The zero-order valence-corrected chi connectivity index (χ0v) is 19.9. The van der Waals surface area contributed by atoms with Gasteiger partial charge in [0.25, 0.3) is 5.91 Å². The Balaban J connectivity index is 2.74. The normalized spacial score (nSPS) is 11.5. The van der Waals surface area contributed by atoms with Crippen LogP contribution in [0.3, 0.4) is 0 Å². The molecule has 184 valence electrons. The van der Waals surface area contributed by atoms with E-state index >= 15 is 0 Å². The quantitative estimate of drug-likeness (QED) is 0.235. The molecule has 9 heteroatoms. The molecule has 0 heterocycles. The molecule has 0 aliphatic carbocycles. The highest BCUT2D eigenvalue weighted by atomic mass is 19.1. The molecule has 0 aliphatic rings. The molecular formula is C25H33FN4O4. The SMILES string of the molecule is CCc1cccc(N(Cc2ccc(F)cc2)/C(C(=O)N(C)CCCO)=C(\NCO)N(C)C=O)c1. The molecular weight excluding hydrogens is 439 g/mol. The van der Waals surface area contributed by atoms with E-state index in [0.717, 1.165) is 17.5 Å². The molecule has 3 N–H and O–H groups in total. The van der Waals surface area contributed by atoms with E-state index in [2.05, 4.69) is 5.32 Å². The number of carbonyl (C=O) groups excluding carboxylic acids is 2. The van der Waals surface area contributed by atoms with Crippen LogP contribution in [0.2, 0.25) is 0 Å². The van der Waals surface area contributed by atoms with Gasteiger partial charge in [0.1, 0.15) is 24.1 Å². The summed E-state index contributed by atoms with van der Waals surface area (Å²) in [6.45, 7) is 1.92. The summed E-state index contributed by atoms with van der Waals surface area (Å²) < 4.78 is 13.5. The number of likely N-dealkylation sites (N-methyl/N-ethyl adjacent to an activating group) is 1. The van der Waals surface area contributed by atoms with Gasteiger partial charge < -0.3 is 30.2 Å². The summed E-state index contributed by atoms with van der Waals surface area (Å²) in [6.07, 6.45) is 1.69. The molecule has 34 heavy (non-hydrogen) atoms. The smallest absolute Gasteiger partial charge is 0.274 e. The number of nitrogens with one attached hydrogen (secondary N) is 1. The number of halogens is 1. The molecule has 0 atom stereocenters. The molecule has 2 amide bonds. The number of aryl methyl sites for hydroxylation is 1. The summed E-state index contributed by atoms with van der Waals surface area (Å²) in [6, 6.07) is 13.6. The second-order valence-electron chi connectivity index (χ2n) is 7.79. The van der Waals surface area contributed by atoms with E-state index < -0.39 is 12.6 Å². The van der Waals surface area contributed by atoms with Crippen molar-refractivity contribution in [3.8, 4) is 0 Å². The van der Waals surface area contributed by atoms with Crippen LogP contribution in [0.1, 0.15) is 24.5 Å². The first-order chi connectivity index (χ1) is 16.4. The summed E-state index contributed by atoms with van der Waals surface area (Å²) >= 11 is 0. The van der Waals surface area contributed by atoms with Crippen LogP contribution in [0, 0.1) is 5.82 Å². The van der Waals surface area contributed by atoms with Crippen molar-refractivity contribution < 1.29 is 24.2 Å². The van der Waals surface area contributed by atoms with Crippen molar-refractivity contribution >= 4 is 18.0 Å². The molecule has 0 unspecified atom stereocenters. The first kappa shape index (κ1) is 26.8. The van der Waals surface area contributed by atoms with Crippen molar-refractivity contribution in [1.82, 2.24) is 15.1 Å². The Labute approximate surface area is 199 Å². The van der Waals surface area contributed by atoms with Crippen LogP contribution < -0.4 is 10.2 Å². The molecule has 0 aromatic heterocycles. The Hall–Kier alpha value is -3.43. The van der Waals surface area contributed by atoms with E-state index in [-0.39, 0.29) is 37.0 Å². The molecule has 0 saturated heterocycles. The lowest BCUT2D eigenvalue weighted by Gasteiger charge is -2.33. The Morgan fingerprint density at radius 3 is 2.38 bits per heavy atom. The van der Waals surface area contributed by atoms with E-state index in [9.17, 15) is 24.2 Å². The van der Waals surface area contributed by atoms with E-state index in [1.165, 1.54) is 29.0 Å². The molecule has 8 nitrogen and oxygen atoms in total. The lowest BCUT2D eigenvalue weighted by Crippen LogP contribution is -2.43. The maximum atomic E-state index is 13.7. The Kier molecular flexibility index (Phi) is 10.5. The van der Waals surface area contributed by atoms with Crippen molar-refractivity contribution in [2.24, 2.45) is 0 Å². The number of benzene rings is 2. The maximum absolute atomic E-state index is 13.7. The van der Waals surface area contributed by atoms with Crippen LogP contribution in [0.25, 0.3) is 0 Å². The Morgan fingerprint density at radius 1 is 1.09 bits per heavy atom. The third kappa shape index (κ3) is 7.03. The first-order valence-electron chi connectivity index (χ1n) is 11.1. The van der Waals surface area contributed by atoms with Gasteiger partial charge in [0.05, 0.1) is 0 Å². The van der Waals surface area contributed by atoms with Crippen molar-refractivity contribution in [2.75, 3.05) is 38.9 Å². The van der Waals surface area contributed by atoms with Crippen LogP contribution in [0.5, 0.6) is 0 Å². The van der Waals surface area contributed by atoms with E-state index in [1.807, 2.05) is 31.2 Å². The summed E-state index contributed by atoms with van der Waals surface area (Å²) in [5.74, 6) is -0.674. The molecule has 0 spiro atoms. The highest BCUT2D eigenvalue weighted by Crippen LogP contribution is 2.27. The van der Waals surface area contributed by atoms with Crippen molar-refractivity contribution in [3.63, 3.8) is 0 Å². The number of aliphatic hydroxyl groups excluding tert-OH is 2. The minimum atomic E-state index is -0.510. The van der Waals surface area contributed by atoms with Gasteiger partial charge in [0, 0.05) is 39.5 Å². The predicted octanol–water partition coefficient (Wildman–Crippen LogP) is 2.03. The number of aliphatic hydroxyl groups is 2. The van der Waals surface area contributed by atoms with Crippen molar-refractivity contribution in [2.45, 2.75) is 26.3 Å². The number of hydrogen-bond acceptors (Lipinski definition) is 6. The number of nitrogens with zero attached hydrogens (tertiary/aromatic N) is 3. The first-order valence-corrected chi connectivity index (χ1v) is 11.1. The zero-order chi connectivity index (χ0) is 25.1. The summed E-state index contributed by atoms with van der Waals surface area (Å²) in [5, 5.41) is 21.6. The van der Waals surface area contributed by atoms with Crippen LogP contribution in [0.4, 0.5) is 10.1 Å². The third-order valence-corrected chi connectivity index (χ3v) is 5.34. The molecule has 0 fully saturated rings. The highest BCUT2D eigenvalue weighted by Gasteiger charge is 2.28. The van der Waals surface area contributed by atoms with Crippen LogP contribution >= 0.6 is 0 Å². The highest BCUT2D eigenvalue weighted by molar-refractivity contribution is 5.98. The predicted molar refractivity (Wildman–Crippen MR) is 129 cm³/mol. The molecule has 2 aromatic carbocycles. The number of anilines is 1. The fourth-order valence-electron chi connectivity index (χ4n) is 3.45. The molecule has 2 aromatic rings. The molecule has 2 rings (SSSR count). The monoisotopic (exact) mass is 472 g/mol. The summed E-state index contributed by atoms with van der Waals surface area (Å²) in [4.78, 5) is 29.8. The number of rotatable bonds is 13. The molecule has 0 radical (unpaired) electrons. The zero-order valence-electron chi connectivity index (χ0n) is 19.9. The number of hydrogen-bond donors (Lipinski definition) is 3. The average Bonchev–Trinajstić information content (AvgIpc) is 2.86. The van der Waals surface area contributed by atoms with Crippen molar-refractivity contribution in [3.05, 3.63) is 77.0 Å². The van der Waals surface area contributed by atoms with Gasteiger partial charge in [-0.1, -0.05) is 31.2 Å². The van der Waals surface area contributed by atoms with E-state index in [0.29, 0.717) is 18.5 Å². The largest absolute Gasteiger partial charge is 0.396 e. The standard InChI is InChI=1S/C25H33FN4O4/c1-4-19-7-5-8-22(15-19)30(16-20-9-11-21(26)12-10-20)23(24(27-17-32)29(3)18-33)25(34)28(2)13-6-14-31/h5,7-12,15,18,27,31-32H,4,6,13-14,16-17H2,1-3H3/b24-23+. The fourth-order valence-corrected chi connectivity index (χ4v) is 3.45. The molecule has 0 aliphatic heterocycles. The maximum Gasteiger partial charge on any atom is 0.274 e. The van der Waals surface area contributed by atoms with Gasteiger partial charge >= 0.3 is 0 Å². The van der Waals surface area contributed by atoms with Gasteiger partial charge in [-0.25, -0.2) is 4.39 Å². The van der Waals surface area contributed by atoms with Crippen LogP contribution in [-0.2, 0) is 22.6 Å².